The van der Waals surface area contributed by atoms with Crippen LogP contribution in [0, 0.1) is 5.92 Å². The summed E-state index contributed by atoms with van der Waals surface area (Å²) in [6.07, 6.45) is 5.11. The third-order valence-corrected chi connectivity index (χ3v) is 6.04. The van der Waals surface area contributed by atoms with Crippen molar-refractivity contribution in [2.24, 2.45) is 11.7 Å². The summed E-state index contributed by atoms with van der Waals surface area (Å²) in [6.45, 7) is 2.89. The van der Waals surface area contributed by atoms with Crippen LogP contribution in [0.4, 0.5) is 0 Å². The number of aliphatic hydroxyl groups is 1. The molecule has 1 aliphatic carbocycles. The summed E-state index contributed by atoms with van der Waals surface area (Å²) in [5.74, 6) is 0.183. The molecule has 172 valence electrons. The predicted octanol–water partition coefficient (Wildman–Crippen LogP) is 2.73. The van der Waals surface area contributed by atoms with Crippen molar-refractivity contribution < 1.29 is 9.90 Å². The molecule has 3 aromatic heterocycles. The van der Waals surface area contributed by atoms with Crippen molar-refractivity contribution >= 4 is 22.5 Å². The van der Waals surface area contributed by atoms with Crippen LogP contribution in [0.1, 0.15) is 47.9 Å². The molecule has 4 aromatic rings. The van der Waals surface area contributed by atoms with E-state index >= 15 is 0 Å². The van der Waals surface area contributed by atoms with Gasteiger partial charge in [-0.05, 0) is 54.0 Å². The summed E-state index contributed by atoms with van der Waals surface area (Å²) in [7, 11) is 0. The first-order valence-electron chi connectivity index (χ1n) is 11.2. The standard InChI is InChI=1S/C19H17N5O2.C6H12O/c20-10-14-8-13-5-4-12(7-15(13)22-14)11-21-19(26)16-9-18(25)24-6-2-1-3-17(24)23-16;1-5-3-2-4-6(5)7/h1-9,22H,10-11,20H2,(H,21,26);5-7H,2-4H2,1H3/t;5-,6+/m.1/s1. The molecular weight excluding hydrogens is 418 g/mol. The highest BCUT2D eigenvalue weighted by Gasteiger charge is 2.19. The Hall–Kier alpha value is -3.49. The maximum Gasteiger partial charge on any atom is 0.270 e. The number of aliphatic hydroxyl groups excluding tert-OH is 1. The van der Waals surface area contributed by atoms with Gasteiger partial charge in [0.1, 0.15) is 11.3 Å². The fourth-order valence-corrected chi connectivity index (χ4v) is 4.02. The number of hydrogen-bond donors (Lipinski definition) is 4. The van der Waals surface area contributed by atoms with Gasteiger partial charge in [0, 0.05) is 36.6 Å². The number of nitrogens with two attached hydrogens (primary N) is 1. The lowest BCUT2D eigenvalue weighted by molar-refractivity contribution is 0.0946. The van der Waals surface area contributed by atoms with Crippen molar-refractivity contribution in [2.45, 2.75) is 45.4 Å². The number of benzene rings is 1. The number of aromatic nitrogens is 3. The van der Waals surface area contributed by atoms with E-state index in [1.54, 1.807) is 24.4 Å². The number of nitrogens with one attached hydrogen (secondary N) is 2. The Labute approximate surface area is 191 Å². The first kappa shape index (κ1) is 22.7. The van der Waals surface area contributed by atoms with Crippen molar-refractivity contribution in [3.05, 3.63) is 82.0 Å². The third-order valence-electron chi connectivity index (χ3n) is 6.04. The van der Waals surface area contributed by atoms with Gasteiger partial charge in [-0.25, -0.2) is 4.98 Å². The molecule has 3 heterocycles. The summed E-state index contributed by atoms with van der Waals surface area (Å²) in [5, 5.41) is 12.9. The van der Waals surface area contributed by atoms with Gasteiger partial charge >= 0.3 is 0 Å². The van der Waals surface area contributed by atoms with Gasteiger partial charge in [0.2, 0.25) is 0 Å². The average molecular weight is 448 g/mol. The number of carbonyl (C=O) groups is 1. The number of amides is 1. The van der Waals surface area contributed by atoms with Gasteiger partial charge in [0.05, 0.1) is 6.10 Å². The molecule has 1 aliphatic rings. The lowest BCUT2D eigenvalue weighted by atomic mass is 10.1. The number of rotatable bonds is 4. The lowest BCUT2D eigenvalue weighted by Gasteiger charge is -2.06. The van der Waals surface area contributed by atoms with E-state index in [1.165, 1.54) is 23.3 Å². The summed E-state index contributed by atoms with van der Waals surface area (Å²) in [6, 6.07) is 14.3. The minimum Gasteiger partial charge on any atom is -0.393 e. The minimum atomic E-state index is -0.386. The van der Waals surface area contributed by atoms with E-state index in [4.69, 9.17) is 10.8 Å². The van der Waals surface area contributed by atoms with Crippen LogP contribution in [0.15, 0.2) is 59.5 Å². The van der Waals surface area contributed by atoms with Crippen LogP contribution in [0.25, 0.3) is 16.6 Å². The molecule has 0 bridgehead atoms. The molecule has 1 fully saturated rings. The van der Waals surface area contributed by atoms with Crippen molar-refractivity contribution in [1.29, 1.82) is 0 Å². The summed E-state index contributed by atoms with van der Waals surface area (Å²) in [4.78, 5) is 31.9. The Morgan fingerprint density at radius 3 is 2.79 bits per heavy atom. The number of hydrogen-bond acceptors (Lipinski definition) is 5. The number of nitrogens with zero attached hydrogens (tertiary/aromatic N) is 2. The van der Waals surface area contributed by atoms with Crippen LogP contribution in [-0.2, 0) is 13.1 Å². The van der Waals surface area contributed by atoms with Gasteiger partial charge in [-0.15, -0.1) is 0 Å². The van der Waals surface area contributed by atoms with Crippen LogP contribution >= 0.6 is 0 Å². The van der Waals surface area contributed by atoms with E-state index in [-0.39, 0.29) is 23.3 Å². The molecule has 5 N–H and O–H groups in total. The lowest BCUT2D eigenvalue weighted by Crippen LogP contribution is -2.26. The third kappa shape index (κ3) is 5.30. The maximum absolute atomic E-state index is 12.4. The van der Waals surface area contributed by atoms with Crippen molar-refractivity contribution in [3.63, 3.8) is 0 Å². The Morgan fingerprint density at radius 1 is 1.24 bits per heavy atom. The summed E-state index contributed by atoms with van der Waals surface area (Å²) < 4.78 is 1.39. The smallest absolute Gasteiger partial charge is 0.270 e. The predicted molar refractivity (Wildman–Crippen MR) is 128 cm³/mol. The number of pyridine rings is 1. The van der Waals surface area contributed by atoms with Crippen molar-refractivity contribution in [1.82, 2.24) is 19.7 Å². The second-order valence-corrected chi connectivity index (χ2v) is 8.49. The Bertz CT molecular complexity index is 1320. The zero-order valence-electron chi connectivity index (χ0n) is 18.6. The average Bonchev–Trinajstić information content (AvgIpc) is 3.42. The van der Waals surface area contributed by atoms with Gasteiger partial charge in [-0.2, -0.15) is 0 Å². The van der Waals surface area contributed by atoms with Crippen LogP contribution < -0.4 is 16.6 Å². The first-order chi connectivity index (χ1) is 15.9. The molecule has 0 unspecified atom stereocenters. The van der Waals surface area contributed by atoms with E-state index in [9.17, 15) is 9.59 Å². The van der Waals surface area contributed by atoms with E-state index in [1.807, 2.05) is 24.3 Å². The Kier molecular flexibility index (Phi) is 6.86. The molecule has 8 heteroatoms. The molecule has 0 spiro atoms. The maximum atomic E-state index is 12.4. The SMILES string of the molecule is C[C@@H]1CCC[C@@H]1O.NCc1cc2ccc(CNC(=O)c3cc(=O)n4ccccc4n3)cc2[nH]1. The topological polar surface area (TPSA) is 126 Å². The van der Waals surface area contributed by atoms with Gasteiger partial charge in [-0.1, -0.05) is 31.5 Å². The highest BCUT2D eigenvalue weighted by Crippen LogP contribution is 2.24. The zero-order chi connectivity index (χ0) is 23.4. The van der Waals surface area contributed by atoms with Crippen LogP contribution in [0.2, 0.25) is 0 Å². The molecular formula is C25H29N5O3. The first-order valence-corrected chi connectivity index (χ1v) is 11.2. The van der Waals surface area contributed by atoms with Crippen LogP contribution in [0.3, 0.4) is 0 Å². The van der Waals surface area contributed by atoms with E-state index in [0.717, 1.165) is 28.6 Å². The molecule has 5 rings (SSSR count). The fraction of sp³-hybridized carbons (Fsp3) is 0.320. The highest BCUT2D eigenvalue weighted by atomic mass is 16.3. The molecule has 33 heavy (non-hydrogen) atoms. The monoisotopic (exact) mass is 447 g/mol. The number of carbonyl (C=O) groups excluding carboxylic acids is 1. The van der Waals surface area contributed by atoms with E-state index < -0.39 is 0 Å². The largest absolute Gasteiger partial charge is 0.393 e. The van der Waals surface area contributed by atoms with Gasteiger partial charge in [0.25, 0.3) is 11.5 Å². The normalized spacial score (nSPS) is 17.7. The second-order valence-electron chi connectivity index (χ2n) is 8.49. The molecule has 0 radical (unpaired) electrons. The molecule has 1 saturated carbocycles. The number of H-pyrrole nitrogens is 1. The molecule has 2 atom stereocenters. The Balaban J connectivity index is 0.000000318. The molecule has 8 nitrogen and oxygen atoms in total. The van der Waals surface area contributed by atoms with Gasteiger partial charge in [-0.3, -0.25) is 14.0 Å². The minimum absolute atomic E-state index is 0.0139. The van der Waals surface area contributed by atoms with Crippen LogP contribution in [0.5, 0.6) is 0 Å². The quantitative estimate of drug-likeness (QED) is 0.383. The van der Waals surface area contributed by atoms with Crippen molar-refractivity contribution in [2.75, 3.05) is 0 Å². The van der Waals surface area contributed by atoms with E-state index in [2.05, 4.69) is 22.2 Å². The zero-order valence-corrected chi connectivity index (χ0v) is 18.6. The molecule has 0 saturated heterocycles. The Morgan fingerprint density at radius 2 is 2.09 bits per heavy atom. The number of fused-ring (bicyclic) bond motifs is 2. The molecule has 0 aliphatic heterocycles. The summed E-state index contributed by atoms with van der Waals surface area (Å²) >= 11 is 0. The molecule has 1 aromatic carbocycles. The number of aromatic amines is 1. The fourth-order valence-electron chi connectivity index (χ4n) is 4.02. The van der Waals surface area contributed by atoms with Crippen molar-refractivity contribution in [3.8, 4) is 0 Å². The second kappa shape index (κ2) is 9.97. The van der Waals surface area contributed by atoms with Gasteiger partial charge < -0.3 is 21.1 Å². The van der Waals surface area contributed by atoms with E-state index in [0.29, 0.717) is 24.7 Å². The highest BCUT2D eigenvalue weighted by molar-refractivity contribution is 5.92. The molecule has 1 amide bonds. The van der Waals surface area contributed by atoms with Gasteiger partial charge in [0.15, 0.2) is 0 Å². The summed E-state index contributed by atoms with van der Waals surface area (Å²) in [5.41, 5.74) is 8.77. The van der Waals surface area contributed by atoms with Crippen LogP contribution in [-0.4, -0.2) is 31.5 Å².